The Morgan fingerprint density at radius 3 is 2.49 bits per heavy atom. The summed E-state index contributed by atoms with van der Waals surface area (Å²) in [5.41, 5.74) is -1.28. The van der Waals surface area contributed by atoms with Crippen molar-refractivity contribution in [3.8, 4) is 0 Å². The van der Waals surface area contributed by atoms with Crippen molar-refractivity contribution in [1.82, 2.24) is 9.80 Å². The van der Waals surface area contributed by atoms with Crippen molar-refractivity contribution in [3.05, 3.63) is 67.8 Å². The predicted molar refractivity (Wildman–Crippen MR) is 150 cm³/mol. The number of benzene rings is 2. The molecule has 5 rings (SSSR count). The number of fused-ring (bicyclic) bond motifs is 2. The van der Waals surface area contributed by atoms with Crippen LogP contribution in [-0.4, -0.2) is 83.2 Å². The van der Waals surface area contributed by atoms with Crippen LogP contribution in [-0.2, 0) is 19.1 Å². The van der Waals surface area contributed by atoms with Crippen LogP contribution in [0.2, 0.25) is 0 Å². The van der Waals surface area contributed by atoms with Gasteiger partial charge in [-0.1, -0.05) is 49.4 Å². The molecule has 2 aromatic carbocycles. The van der Waals surface area contributed by atoms with E-state index in [9.17, 15) is 19.5 Å². The van der Waals surface area contributed by atoms with Gasteiger partial charge < -0.3 is 24.5 Å². The number of ether oxygens (including phenoxy) is 1. The van der Waals surface area contributed by atoms with Gasteiger partial charge in [0.15, 0.2) is 0 Å². The highest BCUT2D eigenvalue weighted by molar-refractivity contribution is 6.06. The summed E-state index contributed by atoms with van der Waals surface area (Å²) < 4.78 is 6.81. The normalized spacial score (nSPS) is 28.9. The molecule has 3 aliphatic heterocycles. The van der Waals surface area contributed by atoms with Gasteiger partial charge >= 0.3 is 0 Å². The largest absolute Gasteiger partial charge is 0.395 e. The van der Waals surface area contributed by atoms with E-state index in [0.29, 0.717) is 31.5 Å². The van der Waals surface area contributed by atoms with Crippen LogP contribution in [0.5, 0.6) is 0 Å². The topological polar surface area (TPSA) is 90.4 Å². The molecule has 2 unspecified atom stereocenters. The summed E-state index contributed by atoms with van der Waals surface area (Å²) in [6, 6.07) is 12.8. The average Bonchev–Trinajstić information content (AvgIpc) is 3.55. The lowest BCUT2D eigenvalue weighted by Crippen LogP contribution is -2.57. The summed E-state index contributed by atoms with van der Waals surface area (Å²) in [6.07, 6.45) is 4.94. The van der Waals surface area contributed by atoms with Crippen molar-refractivity contribution >= 4 is 34.2 Å². The maximum atomic E-state index is 14.5. The van der Waals surface area contributed by atoms with Crippen molar-refractivity contribution in [2.24, 2.45) is 11.8 Å². The number of amides is 3. The van der Waals surface area contributed by atoms with E-state index in [4.69, 9.17) is 4.74 Å². The molecule has 0 aromatic heterocycles. The van der Waals surface area contributed by atoms with Gasteiger partial charge in [0.05, 0.1) is 24.0 Å². The molecular formula is C31H37N3O5. The van der Waals surface area contributed by atoms with Gasteiger partial charge in [-0.05, 0) is 42.2 Å². The number of carbonyl (C=O) groups excluding carboxylic acids is 3. The summed E-state index contributed by atoms with van der Waals surface area (Å²) in [5.74, 6) is -2.28. The van der Waals surface area contributed by atoms with Gasteiger partial charge in [-0.2, -0.15) is 0 Å². The summed E-state index contributed by atoms with van der Waals surface area (Å²) in [4.78, 5) is 47.0. The first kappa shape index (κ1) is 27.1. The van der Waals surface area contributed by atoms with Crippen molar-refractivity contribution < 1.29 is 24.2 Å². The van der Waals surface area contributed by atoms with Crippen molar-refractivity contribution in [2.45, 2.75) is 43.4 Å². The third-order valence-corrected chi connectivity index (χ3v) is 8.92. The van der Waals surface area contributed by atoms with Gasteiger partial charge in [-0.15, -0.1) is 13.2 Å². The molecule has 8 heteroatoms. The van der Waals surface area contributed by atoms with E-state index in [1.54, 1.807) is 29.0 Å². The van der Waals surface area contributed by atoms with Gasteiger partial charge in [0, 0.05) is 32.4 Å². The van der Waals surface area contributed by atoms with Crippen molar-refractivity contribution in [1.29, 1.82) is 0 Å². The van der Waals surface area contributed by atoms with E-state index in [1.807, 2.05) is 49.4 Å². The second-order valence-electron chi connectivity index (χ2n) is 10.9. The molecule has 3 aliphatic rings. The van der Waals surface area contributed by atoms with E-state index < -0.39 is 29.1 Å². The molecule has 206 valence electrons. The Balaban J connectivity index is 1.60. The van der Waals surface area contributed by atoms with Crippen LogP contribution in [0.4, 0.5) is 5.69 Å². The van der Waals surface area contributed by atoms with Crippen LogP contribution in [0, 0.1) is 11.8 Å². The van der Waals surface area contributed by atoms with Crippen LogP contribution >= 0.6 is 0 Å². The quantitative estimate of drug-likeness (QED) is 0.476. The molecule has 3 saturated heterocycles. The van der Waals surface area contributed by atoms with E-state index in [1.165, 1.54) is 4.90 Å². The minimum Gasteiger partial charge on any atom is -0.395 e. The van der Waals surface area contributed by atoms with Crippen LogP contribution in [0.1, 0.15) is 26.2 Å². The second kappa shape index (κ2) is 10.2. The van der Waals surface area contributed by atoms with Gasteiger partial charge in [-0.3, -0.25) is 14.4 Å². The van der Waals surface area contributed by atoms with Crippen molar-refractivity contribution in [3.63, 3.8) is 0 Å². The minimum atomic E-state index is -1.15. The molecule has 1 spiro atoms. The predicted octanol–water partition coefficient (Wildman–Crippen LogP) is 3.15. The third-order valence-electron chi connectivity index (χ3n) is 8.92. The lowest BCUT2D eigenvalue weighted by Gasteiger charge is -2.36. The zero-order valence-electron chi connectivity index (χ0n) is 22.7. The van der Waals surface area contributed by atoms with Gasteiger partial charge in [0.1, 0.15) is 11.6 Å². The minimum absolute atomic E-state index is 0.0148. The number of nitrogens with zero attached hydrogens (tertiary/aromatic N) is 3. The van der Waals surface area contributed by atoms with Crippen LogP contribution in [0.3, 0.4) is 0 Å². The number of likely N-dealkylation sites (tertiary alicyclic amines) is 1. The Morgan fingerprint density at radius 2 is 1.82 bits per heavy atom. The number of β-amino-alcohol motifs (C(OH)–C–C–N with tert-alkyl or cyclic N) is 1. The Labute approximate surface area is 229 Å². The first-order valence-corrected chi connectivity index (χ1v) is 13.7. The maximum absolute atomic E-state index is 14.5. The molecule has 5 atom stereocenters. The molecule has 8 nitrogen and oxygen atoms in total. The zero-order chi connectivity index (χ0) is 27.9. The van der Waals surface area contributed by atoms with E-state index in [0.717, 1.165) is 10.8 Å². The molecule has 39 heavy (non-hydrogen) atoms. The van der Waals surface area contributed by atoms with Crippen LogP contribution in [0.25, 0.3) is 10.8 Å². The van der Waals surface area contributed by atoms with Gasteiger partial charge in [0.2, 0.25) is 11.8 Å². The van der Waals surface area contributed by atoms with Crippen LogP contribution in [0.15, 0.2) is 67.8 Å². The molecule has 3 fully saturated rings. The lowest BCUT2D eigenvalue weighted by atomic mass is 9.64. The first-order chi connectivity index (χ1) is 18.8. The number of carbonyl (C=O) groups is 3. The maximum Gasteiger partial charge on any atom is 0.253 e. The number of aliphatic hydroxyl groups excluding tert-OH is 1. The highest BCUT2D eigenvalue weighted by Gasteiger charge is 2.79. The standard InChI is InChI=1S/C31H37N3O5/c1-5-16-32(4)27(36)24-25-28(37)34(18-19-35)26(31(25)15-14-30(24,7-3)39-31)29(38)33(17-6-2)23-13-12-21-10-8-9-11-22(21)20-23/h5-6,8-13,20,24-26,35H,1-2,7,14-19H2,3-4H3/t24-,25-,26?,30+,31?/m0/s1. The molecule has 0 radical (unpaired) electrons. The fourth-order valence-corrected chi connectivity index (χ4v) is 7.19. The monoisotopic (exact) mass is 531 g/mol. The van der Waals surface area contributed by atoms with Crippen LogP contribution < -0.4 is 4.90 Å². The SMILES string of the molecule is C=CCN(C)C(=O)[C@@H]1[C@H]2C(=O)N(CCO)C(C(=O)N(CC=C)c3ccc4ccccc4c3)C23CC[C@@]1(CC)O3. The molecule has 3 heterocycles. The fourth-order valence-electron chi connectivity index (χ4n) is 7.19. The van der Waals surface area contributed by atoms with E-state index >= 15 is 0 Å². The highest BCUT2D eigenvalue weighted by atomic mass is 16.5. The van der Waals surface area contributed by atoms with Gasteiger partial charge in [0.25, 0.3) is 5.91 Å². The number of likely N-dealkylation sites (N-methyl/N-ethyl adjacent to an activating group) is 1. The Hall–Kier alpha value is -3.49. The number of anilines is 1. The smallest absolute Gasteiger partial charge is 0.253 e. The Bertz CT molecular complexity index is 1330. The number of hydrogen-bond acceptors (Lipinski definition) is 5. The Kier molecular flexibility index (Phi) is 7.11. The molecule has 0 aliphatic carbocycles. The number of hydrogen-bond donors (Lipinski definition) is 1. The number of rotatable bonds is 10. The molecule has 3 amide bonds. The fraction of sp³-hybridized carbons (Fsp3) is 0.452. The Morgan fingerprint density at radius 1 is 1.10 bits per heavy atom. The van der Waals surface area contributed by atoms with Crippen molar-refractivity contribution in [2.75, 3.05) is 38.2 Å². The zero-order valence-corrected chi connectivity index (χ0v) is 22.7. The average molecular weight is 532 g/mol. The summed E-state index contributed by atoms with van der Waals surface area (Å²) >= 11 is 0. The van der Waals surface area contributed by atoms with E-state index in [2.05, 4.69) is 13.2 Å². The molecule has 0 saturated carbocycles. The third kappa shape index (κ3) is 4.00. The summed E-state index contributed by atoms with van der Waals surface area (Å²) in [7, 11) is 1.70. The first-order valence-electron chi connectivity index (χ1n) is 13.7. The lowest BCUT2D eigenvalue weighted by molar-refractivity contribution is -0.150. The molecule has 1 N–H and O–H groups in total. The summed E-state index contributed by atoms with van der Waals surface area (Å²) in [5, 5.41) is 12.0. The summed E-state index contributed by atoms with van der Waals surface area (Å²) in [6.45, 7) is 9.86. The molecule has 2 bridgehead atoms. The molecular weight excluding hydrogens is 494 g/mol. The van der Waals surface area contributed by atoms with Gasteiger partial charge in [-0.25, -0.2) is 0 Å². The second-order valence-corrected chi connectivity index (χ2v) is 10.9. The number of aliphatic hydroxyl groups is 1. The van der Waals surface area contributed by atoms with E-state index in [-0.39, 0.29) is 37.4 Å². The highest BCUT2D eigenvalue weighted by Crippen LogP contribution is 2.64. The molecule has 2 aromatic rings.